The van der Waals surface area contributed by atoms with Gasteiger partial charge in [0.25, 0.3) is 11.6 Å². The third kappa shape index (κ3) is 4.73. The summed E-state index contributed by atoms with van der Waals surface area (Å²) in [7, 11) is -1.99. The number of hydrogen-bond acceptors (Lipinski definition) is 7. The predicted octanol–water partition coefficient (Wildman–Crippen LogP) is 3.18. The van der Waals surface area contributed by atoms with Crippen molar-refractivity contribution in [3.63, 3.8) is 0 Å². The molecule has 0 aliphatic heterocycles. The van der Waals surface area contributed by atoms with Crippen LogP contribution in [0.4, 0.5) is 5.69 Å². The summed E-state index contributed by atoms with van der Waals surface area (Å²) in [6.45, 7) is 3.89. The normalized spacial score (nSPS) is 12.6. The Morgan fingerprint density at radius 1 is 1.26 bits per heavy atom. The zero-order valence-corrected chi connectivity index (χ0v) is 18.8. The summed E-state index contributed by atoms with van der Waals surface area (Å²) in [5.74, 6) is -0.604. The molecule has 164 valence electrons. The van der Waals surface area contributed by atoms with E-state index in [2.05, 4.69) is 4.99 Å². The van der Waals surface area contributed by atoms with E-state index in [1.165, 1.54) is 36.4 Å². The SMILES string of the molecule is COCCn1c(=NC(=O)c2cccc(S(=O)(=O)C(C)C)c2)sc2cc([N+](=O)[O-])ccc21. The number of ether oxygens (including phenoxy) is 1. The van der Waals surface area contributed by atoms with Gasteiger partial charge < -0.3 is 9.30 Å². The first-order valence-electron chi connectivity index (χ1n) is 9.35. The van der Waals surface area contributed by atoms with Gasteiger partial charge >= 0.3 is 0 Å². The highest BCUT2D eigenvalue weighted by Gasteiger charge is 2.20. The average Bonchev–Trinajstić information content (AvgIpc) is 3.08. The third-order valence-corrected chi connectivity index (χ3v) is 7.82. The molecular formula is C20H21N3O6S2. The number of fused-ring (bicyclic) bond motifs is 1. The highest BCUT2D eigenvalue weighted by Crippen LogP contribution is 2.23. The maximum absolute atomic E-state index is 12.8. The maximum atomic E-state index is 12.8. The summed E-state index contributed by atoms with van der Waals surface area (Å²) in [5, 5.41) is 10.5. The van der Waals surface area contributed by atoms with Crippen molar-refractivity contribution < 1.29 is 22.9 Å². The van der Waals surface area contributed by atoms with Gasteiger partial charge in [0.05, 0.1) is 31.9 Å². The van der Waals surface area contributed by atoms with Crippen molar-refractivity contribution in [2.75, 3.05) is 13.7 Å². The fraction of sp³-hybridized carbons (Fsp3) is 0.300. The van der Waals surface area contributed by atoms with Gasteiger partial charge in [-0.05, 0) is 38.1 Å². The molecule has 0 aliphatic carbocycles. The van der Waals surface area contributed by atoms with Crippen LogP contribution in [-0.4, -0.2) is 42.8 Å². The second-order valence-corrected chi connectivity index (χ2v) is 10.5. The van der Waals surface area contributed by atoms with Crippen LogP contribution in [0.3, 0.4) is 0 Å². The smallest absolute Gasteiger partial charge is 0.279 e. The molecule has 3 aromatic rings. The van der Waals surface area contributed by atoms with Crippen LogP contribution >= 0.6 is 11.3 Å². The molecule has 31 heavy (non-hydrogen) atoms. The fourth-order valence-corrected chi connectivity index (χ4v) is 5.08. The Morgan fingerprint density at radius 2 is 2.00 bits per heavy atom. The number of carbonyl (C=O) groups excluding carboxylic acids is 1. The number of amides is 1. The minimum atomic E-state index is -3.54. The zero-order chi connectivity index (χ0) is 22.8. The van der Waals surface area contributed by atoms with Crippen molar-refractivity contribution in [3.05, 3.63) is 62.9 Å². The summed E-state index contributed by atoms with van der Waals surface area (Å²) >= 11 is 1.14. The maximum Gasteiger partial charge on any atom is 0.279 e. The van der Waals surface area contributed by atoms with Gasteiger partial charge in [0.15, 0.2) is 14.6 Å². The lowest BCUT2D eigenvalue weighted by atomic mass is 10.2. The third-order valence-electron chi connectivity index (χ3n) is 4.62. The number of benzene rings is 2. The molecule has 0 spiro atoms. The standard InChI is InChI=1S/C20H21N3O6S2/c1-13(2)31(27,28)16-6-4-5-14(11-16)19(24)21-20-22(9-10-29-3)17-8-7-15(23(25)26)12-18(17)30-20/h4-8,11-13H,9-10H2,1-3H3. The largest absolute Gasteiger partial charge is 0.383 e. The molecule has 0 N–H and O–H groups in total. The monoisotopic (exact) mass is 463 g/mol. The van der Waals surface area contributed by atoms with E-state index >= 15 is 0 Å². The molecule has 0 saturated carbocycles. The number of methoxy groups -OCH3 is 1. The Morgan fingerprint density at radius 3 is 2.65 bits per heavy atom. The van der Waals surface area contributed by atoms with Crippen molar-refractivity contribution in [1.29, 1.82) is 0 Å². The lowest BCUT2D eigenvalue weighted by Crippen LogP contribution is -2.19. The van der Waals surface area contributed by atoms with Crippen LogP contribution in [0.15, 0.2) is 52.4 Å². The minimum Gasteiger partial charge on any atom is -0.383 e. The van der Waals surface area contributed by atoms with Gasteiger partial charge in [-0.3, -0.25) is 14.9 Å². The van der Waals surface area contributed by atoms with E-state index in [-0.39, 0.29) is 16.1 Å². The fourth-order valence-electron chi connectivity index (χ4n) is 2.89. The van der Waals surface area contributed by atoms with Crippen LogP contribution < -0.4 is 4.80 Å². The number of thiazole rings is 1. The number of carbonyl (C=O) groups is 1. The summed E-state index contributed by atoms with van der Waals surface area (Å²) in [5.41, 5.74) is 0.774. The Bertz CT molecular complexity index is 1320. The van der Waals surface area contributed by atoms with Crippen molar-refractivity contribution in [2.24, 2.45) is 4.99 Å². The highest BCUT2D eigenvalue weighted by atomic mass is 32.2. The summed E-state index contributed by atoms with van der Waals surface area (Å²) in [6, 6.07) is 10.2. The molecule has 1 heterocycles. The van der Waals surface area contributed by atoms with Crippen molar-refractivity contribution >= 4 is 43.0 Å². The second kappa shape index (κ2) is 9.08. The second-order valence-electron chi connectivity index (χ2n) is 6.98. The molecule has 1 aromatic heterocycles. The van der Waals surface area contributed by atoms with E-state index in [0.29, 0.717) is 28.2 Å². The molecule has 11 heteroatoms. The van der Waals surface area contributed by atoms with Gasteiger partial charge in [-0.1, -0.05) is 17.4 Å². The van der Waals surface area contributed by atoms with E-state index in [0.717, 1.165) is 11.3 Å². The number of nitro groups is 1. The molecule has 0 fully saturated rings. The molecule has 1 amide bonds. The number of hydrogen-bond donors (Lipinski definition) is 0. The summed E-state index contributed by atoms with van der Waals surface area (Å²) < 4.78 is 32.3. The summed E-state index contributed by atoms with van der Waals surface area (Å²) in [4.78, 5) is 28.0. The van der Waals surface area contributed by atoms with Gasteiger partial charge in [-0.25, -0.2) is 8.42 Å². The van der Waals surface area contributed by atoms with Crippen LogP contribution in [0, 0.1) is 10.1 Å². The first-order chi connectivity index (χ1) is 14.6. The topological polar surface area (TPSA) is 121 Å². The number of nitro benzene ring substituents is 1. The number of nitrogens with zero attached hydrogens (tertiary/aromatic N) is 3. The number of aromatic nitrogens is 1. The van der Waals surface area contributed by atoms with Crippen molar-refractivity contribution in [3.8, 4) is 0 Å². The lowest BCUT2D eigenvalue weighted by Gasteiger charge is -2.08. The van der Waals surface area contributed by atoms with E-state index in [1.807, 2.05) is 0 Å². The molecule has 0 aliphatic rings. The molecule has 0 unspecified atom stereocenters. The van der Waals surface area contributed by atoms with Gasteiger partial charge in [0.1, 0.15) is 0 Å². The van der Waals surface area contributed by atoms with Crippen molar-refractivity contribution in [1.82, 2.24) is 4.57 Å². The first-order valence-corrected chi connectivity index (χ1v) is 11.7. The Hall–Kier alpha value is -2.89. The average molecular weight is 464 g/mol. The number of non-ortho nitro benzene ring substituents is 1. The molecule has 2 aromatic carbocycles. The molecule has 9 nitrogen and oxygen atoms in total. The minimum absolute atomic E-state index is 0.0581. The van der Waals surface area contributed by atoms with E-state index in [1.54, 1.807) is 31.6 Å². The molecule has 0 radical (unpaired) electrons. The van der Waals surface area contributed by atoms with E-state index < -0.39 is 25.9 Å². The lowest BCUT2D eigenvalue weighted by molar-refractivity contribution is -0.384. The molecule has 0 atom stereocenters. The number of rotatable bonds is 7. The van der Waals surface area contributed by atoms with Gasteiger partial charge in [0.2, 0.25) is 0 Å². The van der Waals surface area contributed by atoms with Crippen LogP contribution in [0.1, 0.15) is 24.2 Å². The quantitative estimate of drug-likeness (QED) is 0.392. The predicted molar refractivity (Wildman–Crippen MR) is 117 cm³/mol. The summed E-state index contributed by atoms with van der Waals surface area (Å²) in [6.07, 6.45) is 0. The Kier molecular flexibility index (Phi) is 6.68. The molecule has 3 rings (SSSR count). The van der Waals surface area contributed by atoms with Crippen LogP contribution in [-0.2, 0) is 21.1 Å². The van der Waals surface area contributed by atoms with Crippen molar-refractivity contribution in [2.45, 2.75) is 30.5 Å². The highest BCUT2D eigenvalue weighted by molar-refractivity contribution is 7.92. The van der Waals surface area contributed by atoms with Crippen LogP contribution in [0.25, 0.3) is 10.2 Å². The Labute approximate surface area is 182 Å². The van der Waals surface area contributed by atoms with Gasteiger partial charge in [0, 0.05) is 31.4 Å². The van der Waals surface area contributed by atoms with Crippen LogP contribution in [0.5, 0.6) is 0 Å². The Balaban J connectivity index is 2.11. The number of sulfone groups is 1. The molecule has 0 saturated heterocycles. The first kappa shape index (κ1) is 22.8. The van der Waals surface area contributed by atoms with Gasteiger partial charge in [-0.2, -0.15) is 4.99 Å². The van der Waals surface area contributed by atoms with E-state index in [9.17, 15) is 23.3 Å². The zero-order valence-electron chi connectivity index (χ0n) is 17.1. The molecular weight excluding hydrogens is 442 g/mol. The molecule has 0 bridgehead atoms. The van der Waals surface area contributed by atoms with Crippen LogP contribution in [0.2, 0.25) is 0 Å². The van der Waals surface area contributed by atoms with Gasteiger partial charge in [-0.15, -0.1) is 0 Å². The van der Waals surface area contributed by atoms with E-state index in [4.69, 9.17) is 4.74 Å².